The predicted molar refractivity (Wildman–Crippen MR) is 74.5 cm³/mol. The number of carbonyl (C=O) groups excluding carboxylic acids is 1. The summed E-state index contributed by atoms with van der Waals surface area (Å²) in [5, 5.41) is 22.7. The van der Waals surface area contributed by atoms with Crippen molar-refractivity contribution in [2.24, 2.45) is 0 Å². The number of nitro groups is 1. The normalized spacial score (nSPS) is 13.8. The molecule has 8 heteroatoms. The number of aromatic nitrogens is 1. The Morgan fingerprint density at radius 3 is 2.86 bits per heavy atom. The first-order chi connectivity index (χ1) is 10.1. The molecular weight excluding hydrogens is 274 g/mol. The van der Waals surface area contributed by atoms with Crippen LogP contribution in [0.4, 0.5) is 11.5 Å². The summed E-state index contributed by atoms with van der Waals surface area (Å²) in [4.78, 5) is 27.9. The van der Waals surface area contributed by atoms with Crippen molar-refractivity contribution in [3.63, 3.8) is 0 Å². The van der Waals surface area contributed by atoms with Crippen LogP contribution in [0.1, 0.15) is 24.8 Å². The average Bonchev–Trinajstić information content (AvgIpc) is 3.00. The first-order valence-corrected chi connectivity index (χ1v) is 6.68. The maximum absolute atomic E-state index is 11.9. The van der Waals surface area contributed by atoms with E-state index in [0.717, 1.165) is 25.9 Å². The van der Waals surface area contributed by atoms with Gasteiger partial charge in [-0.05, 0) is 18.9 Å². The zero-order valence-corrected chi connectivity index (χ0v) is 11.4. The number of likely N-dealkylation sites (tertiary alicyclic amines) is 1. The number of hydrogen-bond donors (Lipinski definition) is 1. The molecule has 1 fully saturated rings. The molecule has 1 aliphatic rings. The molecule has 0 radical (unpaired) electrons. The summed E-state index contributed by atoms with van der Waals surface area (Å²) in [7, 11) is 0. The highest BCUT2D eigenvalue weighted by Crippen LogP contribution is 2.25. The van der Waals surface area contributed by atoms with Crippen LogP contribution in [0.2, 0.25) is 0 Å². The van der Waals surface area contributed by atoms with E-state index in [1.54, 1.807) is 11.0 Å². The highest BCUT2D eigenvalue weighted by Gasteiger charge is 2.22. The van der Waals surface area contributed by atoms with Crippen molar-refractivity contribution in [1.29, 1.82) is 5.26 Å². The second-order valence-electron chi connectivity index (χ2n) is 4.69. The Kier molecular flexibility index (Phi) is 4.66. The number of anilines is 1. The van der Waals surface area contributed by atoms with E-state index in [1.807, 2.05) is 0 Å². The minimum absolute atomic E-state index is 0.0215. The SMILES string of the molecule is N#Cc1ccnc(NCCC(=O)N2CCCC2)c1[N+](=O)[O-]. The summed E-state index contributed by atoms with van der Waals surface area (Å²) in [6.45, 7) is 1.81. The molecule has 0 aliphatic carbocycles. The van der Waals surface area contributed by atoms with Gasteiger partial charge >= 0.3 is 5.69 Å². The first-order valence-electron chi connectivity index (χ1n) is 6.68. The van der Waals surface area contributed by atoms with E-state index in [4.69, 9.17) is 5.26 Å². The lowest BCUT2D eigenvalue weighted by atomic mass is 10.2. The quantitative estimate of drug-likeness (QED) is 0.645. The minimum Gasteiger partial charge on any atom is -0.364 e. The van der Waals surface area contributed by atoms with Crippen LogP contribution in [0.5, 0.6) is 0 Å². The standard InChI is InChI=1S/C13H15N5O3/c14-9-10-3-5-15-13(12(10)18(20)21)16-6-4-11(19)17-7-1-2-8-17/h3,5H,1-2,4,6-8H2,(H,15,16). The molecule has 2 rings (SSSR count). The van der Waals surface area contributed by atoms with E-state index >= 15 is 0 Å². The Balaban J connectivity index is 1.98. The van der Waals surface area contributed by atoms with Crippen molar-refractivity contribution >= 4 is 17.4 Å². The Hall–Kier alpha value is -2.69. The van der Waals surface area contributed by atoms with Crippen LogP contribution in [0.3, 0.4) is 0 Å². The fraction of sp³-hybridized carbons (Fsp3) is 0.462. The lowest BCUT2D eigenvalue weighted by Gasteiger charge is -2.15. The van der Waals surface area contributed by atoms with Crippen molar-refractivity contribution in [1.82, 2.24) is 9.88 Å². The predicted octanol–water partition coefficient (Wildman–Crippen LogP) is 1.29. The third kappa shape index (κ3) is 3.45. The zero-order valence-electron chi connectivity index (χ0n) is 11.4. The van der Waals surface area contributed by atoms with E-state index in [0.29, 0.717) is 0 Å². The van der Waals surface area contributed by atoms with Gasteiger partial charge in [-0.2, -0.15) is 5.26 Å². The lowest BCUT2D eigenvalue weighted by molar-refractivity contribution is -0.384. The van der Waals surface area contributed by atoms with Crippen LogP contribution in [0.25, 0.3) is 0 Å². The average molecular weight is 289 g/mol. The molecule has 1 amide bonds. The number of nitrogens with zero attached hydrogens (tertiary/aromatic N) is 4. The second kappa shape index (κ2) is 6.65. The van der Waals surface area contributed by atoms with Crippen LogP contribution < -0.4 is 5.32 Å². The molecule has 0 saturated carbocycles. The van der Waals surface area contributed by atoms with Gasteiger partial charge in [-0.3, -0.25) is 14.9 Å². The van der Waals surface area contributed by atoms with Crippen LogP contribution in [-0.2, 0) is 4.79 Å². The van der Waals surface area contributed by atoms with E-state index in [2.05, 4.69) is 10.3 Å². The fourth-order valence-electron chi connectivity index (χ4n) is 2.27. The fourth-order valence-corrected chi connectivity index (χ4v) is 2.27. The van der Waals surface area contributed by atoms with Crippen LogP contribution in [0, 0.1) is 21.4 Å². The van der Waals surface area contributed by atoms with Crippen molar-refractivity contribution in [2.75, 3.05) is 25.0 Å². The van der Waals surface area contributed by atoms with E-state index < -0.39 is 4.92 Å². The van der Waals surface area contributed by atoms with Crippen molar-refractivity contribution < 1.29 is 9.72 Å². The molecule has 0 bridgehead atoms. The lowest BCUT2D eigenvalue weighted by Crippen LogP contribution is -2.29. The van der Waals surface area contributed by atoms with Gasteiger partial charge < -0.3 is 10.2 Å². The third-order valence-electron chi connectivity index (χ3n) is 3.32. The van der Waals surface area contributed by atoms with Crippen LogP contribution in [0.15, 0.2) is 12.3 Å². The maximum atomic E-state index is 11.9. The smallest absolute Gasteiger partial charge is 0.328 e. The van der Waals surface area contributed by atoms with Crippen molar-refractivity contribution in [3.05, 3.63) is 27.9 Å². The highest BCUT2D eigenvalue weighted by molar-refractivity contribution is 5.77. The van der Waals surface area contributed by atoms with Crippen molar-refractivity contribution in [2.45, 2.75) is 19.3 Å². The number of nitriles is 1. The molecule has 1 aromatic heterocycles. The van der Waals surface area contributed by atoms with Gasteiger partial charge in [-0.1, -0.05) is 0 Å². The molecule has 0 spiro atoms. The molecule has 2 heterocycles. The molecule has 21 heavy (non-hydrogen) atoms. The molecule has 1 aromatic rings. The summed E-state index contributed by atoms with van der Waals surface area (Å²) in [6, 6.07) is 3.05. The third-order valence-corrected chi connectivity index (χ3v) is 3.32. The van der Waals surface area contributed by atoms with Gasteiger partial charge in [0.05, 0.1) is 4.92 Å². The number of pyridine rings is 1. The number of carbonyl (C=O) groups is 1. The summed E-state index contributed by atoms with van der Waals surface area (Å²) in [5.74, 6) is 0.0485. The Morgan fingerprint density at radius 2 is 2.24 bits per heavy atom. The molecule has 110 valence electrons. The molecular formula is C13H15N5O3. The molecule has 0 atom stereocenters. The van der Waals surface area contributed by atoms with Gasteiger partial charge in [0.2, 0.25) is 11.7 Å². The second-order valence-corrected chi connectivity index (χ2v) is 4.69. The summed E-state index contributed by atoms with van der Waals surface area (Å²) < 4.78 is 0. The monoisotopic (exact) mass is 289 g/mol. The van der Waals surface area contributed by atoms with Gasteiger partial charge in [0.1, 0.15) is 11.6 Å². The maximum Gasteiger partial charge on any atom is 0.328 e. The first kappa shape index (κ1) is 14.7. The van der Waals surface area contributed by atoms with Crippen LogP contribution in [-0.4, -0.2) is 40.3 Å². The molecule has 1 aliphatic heterocycles. The molecule has 0 aromatic carbocycles. The number of rotatable bonds is 5. The summed E-state index contributed by atoms with van der Waals surface area (Å²) >= 11 is 0. The van der Waals surface area contributed by atoms with Crippen LogP contribution >= 0.6 is 0 Å². The summed E-state index contributed by atoms with van der Waals surface area (Å²) in [5.41, 5.74) is -0.406. The topological polar surface area (TPSA) is 112 Å². The van der Waals surface area contributed by atoms with Gasteiger partial charge in [0.15, 0.2) is 0 Å². The minimum atomic E-state index is -0.643. The Labute approximate surface area is 121 Å². The highest BCUT2D eigenvalue weighted by atomic mass is 16.6. The number of hydrogen-bond acceptors (Lipinski definition) is 6. The Morgan fingerprint density at radius 1 is 1.52 bits per heavy atom. The van der Waals surface area contributed by atoms with E-state index in [1.165, 1.54) is 12.3 Å². The van der Waals surface area contributed by atoms with Gasteiger partial charge in [0, 0.05) is 32.3 Å². The van der Waals surface area contributed by atoms with Crippen molar-refractivity contribution in [3.8, 4) is 6.07 Å². The largest absolute Gasteiger partial charge is 0.364 e. The summed E-state index contributed by atoms with van der Waals surface area (Å²) in [6.07, 6.45) is 3.62. The van der Waals surface area contributed by atoms with Gasteiger partial charge in [-0.25, -0.2) is 4.98 Å². The number of amides is 1. The zero-order chi connectivity index (χ0) is 15.2. The molecule has 1 saturated heterocycles. The molecule has 1 N–H and O–H groups in total. The van der Waals surface area contributed by atoms with Gasteiger partial charge in [0.25, 0.3) is 0 Å². The van der Waals surface area contributed by atoms with E-state index in [-0.39, 0.29) is 35.9 Å². The van der Waals surface area contributed by atoms with Gasteiger partial charge in [-0.15, -0.1) is 0 Å². The molecule has 0 unspecified atom stereocenters. The molecule has 8 nitrogen and oxygen atoms in total. The van der Waals surface area contributed by atoms with E-state index in [9.17, 15) is 14.9 Å². The number of nitrogens with one attached hydrogen (secondary N) is 1. The Bertz CT molecular complexity index is 590.